The first kappa shape index (κ1) is 25.4. The number of nitrogens with one attached hydrogen (secondary N) is 1. The van der Waals surface area contributed by atoms with E-state index in [1.54, 1.807) is 17.0 Å². The molecule has 1 aliphatic rings. The Balaban J connectivity index is 1.85. The Kier molecular flexibility index (Phi) is 9.20. The zero-order valence-corrected chi connectivity index (χ0v) is 20.5. The molecule has 5 heteroatoms. The van der Waals surface area contributed by atoms with Crippen LogP contribution >= 0.6 is 0 Å². The maximum atomic E-state index is 13.5. The number of hydrogen-bond donors (Lipinski definition) is 1. The van der Waals surface area contributed by atoms with Crippen LogP contribution < -0.4 is 5.32 Å². The van der Waals surface area contributed by atoms with Crippen molar-refractivity contribution in [2.75, 3.05) is 6.54 Å². The third kappa shape index (κ3) is 6.89. The highest BCUT2D eigenvalue weighted by molar-refractivity contribution is 6.08. The van der Waals surface area contributed by atoms with Crippen molar-refractivity contribution >= 4 is 17.6 Å². The molecule has 1 unspecified atom stereocenters. The quantitative estimate of drug-likeness (QED) is 0.398. The first-order valence-electron chi connectivity index (χ1n) is 12.4. The topological polar surface area (TPSA) is 66.5 Å². The number of hydrogen-bond acceptors (Lipinski definition) is 3. The van der Waals surface area contributed by atoms with Crippen molar-refractivity contribution in [2.24, 2.45) is 0 Å². The van der Waals surface area contributed by atoms with Crippen LogP contribution in [0.25, 0.3) is 0 Å². The molecule has 0 bridgehead atoms. The summed E-state index contributed by atoms with van der Waals surface area (Å²) in [6, 6.07) is 14.4. The van der Waals surface area contributed by atoms with Crippen LogP contribution in [0.4, 0.5) is 0 Å². The van der Waals surface area contributed by atoms with Crippen molar-refractivity contribution < 1.29 is 14.4 Å². The number of carbonyl (C=O) groups is 3. The molecule has 1 atom stereocenters. The van der Waals surface area contributed by atoms with Gasteiger partial charge in [0.05, 0.1) is 0 Å². The third-order valence-electron chi connectivity index (χ3n) is 6.37. The summed E-state index contributed by atoms with van der Waals surface area (Å²) < 4.78 is 0. The van der Waals surface area contributed by atoms with E-state index in [1.165, 1.54) is 18.6 Å². The molecule has 3 rings (SSSR count). The van der Waals surface area contributed by atoms with Crippen molar-refractivity contribution in [2.45, 2.75) is 71.4 Å². The van der Waals surface area contributed by atoms with Crippen molar-refractivity contribution in [3.05, 3.63) is 82.9 Å². The fourth-order valence-corrected chi connectivity index (χ4v) is 4.41. The Morgan fingerprint density at radius 3 is 2.09 bits per heavy atom. The minimum absolute atomic E-state index is 0.145. The van der Waals surface area contributed by atoms with Crippen LogP contribution in [-0.2, 0) is 9.59 Å². The summed E-state index contributed by atoms with van der Waals surface area (Å²) in [7, 11) is 0. The van der Waals surface area contributed by atoms with Crippen LogP contribution in [0.5, 0.6) is 0 Å². The molecular formula is C29H36N2O3. The van der Waals surface area contributed by atoms with E-state index in [-0.39, 0.29) is 23.6 Å². The van der Waals surface area contributed by atoms with E-state index in [9.17, 15) is 14.4 Å². The summed E-state index contributed by atoms with van der Waals surface area (Å²) in [5, 5.41) is 3.20. The largest absolute Gasteiger partial charge is 0.351 e. The molecule has 0 aliphatic heterocycles. The second-order valence-electron chi connectivity index (χ2n) is 9.25. The minimum Gasteiger partial charge on any atom is -0.351 e. The lowest BCUT2D eigenvalue weighted by Crippen LogP contribution is -2.47. The number of rotatable bonds is 9. The van der Waals surface area contributed by atoms with Gasteiger partial charge in [-0.05, 0) is 44.7 Å². The minimum atomic E-state index is -0.742. The van der Waals surface area contributed by atoms with E-state index in [0.29, 0.717) is 18.5 Å². The Bertz CT molecular complexity index is 1000. The van der Waals surface area contributed by atoms with Crippen LogP contribution in [0.3, 0.4) is 0 Å². The fraction of sp³-hybridized carbons (Fsp3) is 0.414. The van der Waals surface area contributed by atoms with E-state index in [1.807, 2.05) is 57.2 Å². The lowest BCUT2D eigenvalue weighted by Gasteiger charge is -2.32. The summed E-state index contributed by atoms with van der Waals surface area (Å²) in [6.07, 6.45) is 8.67. The van der Waals surface area contributed by atoms with Crippen molar-refractivity contribution in [3.8, 4) is 0 Å². The maximum absolute atomic E-state index is 13.5. The molecule has 1 saturated carbocycles. The first-order chi connectivity index (χ1) is 16.4. The molecule has 5 nitrogen and oxygen atoms in total. The normalized spacial score (nSPS) is 15.1. The average molecular weight is 461 g/mol. The van der Waals surface area contributed by atoms with Gasteiger partial charge in [-0.2, -0.15) is 0 Å². The molecule has 1 N–H and O–H groups in total. The first-order valence-corrected chi connectivity index (χ1v) is 12.4. The molecule has 0 heterocycles. The number of aryl methyl sites for hydroxylation is 2. The number of carbonyl (C=O) groups excluding carboxylic acids is 3. The second kappa shape index (κ2) is 12.3. The molecule has 2 amide bonds. The van der Waals surface area contributed by atoms with Gasteiger partial charge < -0.3 is 10.2 Å². The molecule has 0 spiro atoms. The Morgan fingerprint density at radius 2 is 1.50 bits per heavy atom. The van der Waals surface area contributed by atoms with E-state index in [2.05, 4.69) is 5.32 Å². The van der Waals surface area contributed by atoms with Crippen LogP contribution in [-0.4, -0.2) is 35.1 Å². The van der Waals surface area contributed by atoms with Gasteiger partial charge in [-0.3, -0.25) is 14.4 Å². The van der Waals surface area contributed by atoms with Crippen molar-refractivity contribution in [1.29, 1.82) is 0 Å². The molecule has 0 aromatic heterocycles. The summed E-state index contributed by atoms with van der Waals surface area (Å²) in [5.41, 5.74) is 3.46. The Labute approximate surface area is 203 Å². The van der Waals surface area contributed by atoms with Crippen LogP contribution in [0.1, 0.15) is 78.5 Å². The van der Waals surface area contributed by atoms with Crippen molar-refractivity contribution in [3.63, 3.8) is 0 Å². The number of allylic oxidation sites excluding steroid dienone is 1. The van der Waals surface area contributed by atoms with E-state index >= 15 is 0 Å². The van der Waals surface area contributed by atoms with Crippen LogP contribution in [0.15, 0.2) is 60.7 Å². The van der Waals surface area contributed by atoms with Gasteiger partial charge in [-0.25, -0.2) is 0 Å². The summed E-state index contributed by atoms with van der Waals surface area (Å²) in [4.78, 5) is 41.0. The second-order valence-corrected chi connectivity index (χ2v) is 9.25. The lowest BCUT2D eigenvalue weighted by atomic mass is 9.94. The van der Waals surface area contributed by atoms with Gasteiger partial charge in [0.1, 0.15) is 6.04 Å². The molecule has 2 aromatic rings. The number of ketones is 1. The predicted molar refractivity (Wildman–Crippen MR) is 136 cm³/mol. The molecule has 1 aliphatic carbocycles. The smallest absolute Gasteiger partial charge is 0.247 e. The SMILES string of the molecule is CCCN(C(=O)/C=C/C(=O)c1ccc(C)cc1)C(C(=O)NC1CCCCC1)c1ccc(C)cc1. The third-order valence-corrected chi connectivity index (χ3v) is 6.37. The van der Waals surface area contributed by atoms with Gasteiger partial charge in [0, 0.05) is 24.2 Å². The maximum Gasteiger partial charge on any atom is 0.247 e. The molecule has 1 fully saturated rings. The van der Waals surface area contributed by atoms with E-state index in [0.717, 1.165) is 42.4 Å². The van der Waals surface area contributed by atoms with Gasteiger partial charge in [0.2, 0.25) is 11.8 Å². The van der Waals surface area contributed by atoms with Gasteiger partial charge in [-0.15, -0.1) is 0 Å². The van der Waals surface area contributed by atoms with Gasteiger partial charge >= 0.3 is 0 Å². The van der Waals surface area contributed by atoms with Crippen LogP contribution in [0, 0.1) is 13.8 Å². The van der Waals surface area contributed by atoms with Crippen molar-refractivity contribution in [1.82, 2.24) is 10.2 Å². The average Bonchev–Trinajstić information content (AvgIpc) is 2.84. The summed E-state index contributed by atoms with van der Waals surface area (Å²) >= 11 is 0. The van der Waals surface area contributed by atoms with Gasteiger partial charge in [0.25, 0.3) is 0 Å². The molecule has 180 valence electrons. The van der Waals surface area contributed by atoms with Gasteiger partial charge in [-0.1, -0.05) is 85.8 Å². The monoisotopic (exact) mass is 460 g/mol. The zero-order chi connectivity index (χ0) is 24.5. The van der Waals surface area contributed by atoms with E-state index in [4.69, 9.17) is 0 Å². The Morgan fingerprint density at radius 1 is 0.912 bits per heavy atom. The highest BCUT2D eigenvalue weighted by atomic mass is 16.2. The standard InChI is InChI=1S/C29H36N2O3/c1-4-20-31(27(33)19-18-26(32)23-14-10-21(2)11-15-23)28(24-16-12-22(3)13-17-24)29(34)30-25-8-6-5-7-9-25/h10-19,25,28H,4-9,20H2,1-3H3,(H,30,34)/b19-18+. The molecule has 2 aromatic carbocycles. The summed E-state index contributed by atoms with van der Waals surface area (Å²) in [5.74, 6) is -0.731. The molecule has 0 saturated heterocycles. The predicted octanol–water partition coefficient (Wildman–Crippen LogP) is 5.47. The highest BCUT2D eigenvalue weighted by Gasteiger charge is 2.31. The highest BCUT2D eigenvalue weighted by Crippen LogP contribution is 2.25. The lowest BCUT2D eigenvalue weighted by molar-refractivity contribution is -0.138. The van der Waals surface area contributed by atoms with Crippen LogP contribution in [0.2, 0.25) is 0 Å². The van der Waals surface area contributed by atoms with E-state index < -0.39 is 6.04 Å². The molecule has 34 heavy (non-hydrogen) atoms. The van der Waals surface area contributed by atoms with Gasteiger partial charge in [0.15, 0.2) is 5.78 Å². The number of nitrogens with zero attached hydrogens (tertiary/aromatic N) is 1. The molecule has 0 radical (unpaired) electrons. The molecular weight excluding hydrogens is 424 g/mol. The fourth-order valence-electron chi connectivity index (χ4n) is 4.41. The Hall–Kier alpha value is -3.21. The zero-order valence-electron chi connectivity index (χ0n) is 20.5. The number of benzene rings is 2. The number of amides is 2. The summed E-state index contributed by atoms with van der Waals surface area (Å²) in [6.45, 7) is 6.35.